The minimum atomic E-state index is 0.530. The zero-order valence-electron chi connectivity index (χ0n) is 10.6. The minimum absolute atomic E-state index is 0.530. The molecular formula is C14H14Cl2N2O. The molecule has 0 aliphatic heterocycles. The van der Waals surface area contributed by atoms with Gasteiger partial charge in [0.2, 0.25) is 0 Å². The molecule has 3 nitrogen and oxygen atoms in total. The van der Waals surface area contributed by atoms with Crippen molar-refractivity contribution in [2.24, 2.45) is 0 Å². The van der Waals surface area contributed by atoms with Gasteiger partial charge < -0.3 is 0 Å². The van der Waals surface area contributed by atoms with Crippen LogP contribution in [-0.2, 0) is 6.54 Å². The molecule has 0 unspecified atom stereocenters. The van der Waals surface area contributed by atoms with Gasteiger partial charge >= 0.3 is 0 Å². The normalized spacial score (nSPS) is 10.7. The van der Waals surface area contributed by atoms with E-state index in [0.717, 1.165) is 31.2 Å². The molecule has 0 atom stereocenters. The summed E-state index contributed by atoms with van der Waals surface area (Å²) in [6, 6.07) is 5.17. The molecule has 0 bridgehead atoms. The zero-order chi connectivity index (χ0) is 13.8. The number of hydrogen-bond donors (Lipinski definition) is 0. The average Bonchev–Trinajstić information content (AvgIpc) is 2.78. The van der Waals surface area contributed by atoms with E-state index in [0.29, 0.717) is 21.3 Å². The molecule has 19 heavy (non-hydrogen) atoms. The third-order valence-electron chi connectivity index (χ3n) is 2.79. The van der Waals surface area contributed by atoms with Crippen molar-refractivity contribution in [1.29, 1.82) is 0 Å². The Bertz CT molecular complexity index is 573. The van der Waals surface area contributed by atoms with Crippen LogP contribution in [0, 0.1) is 0 Å². The topological polar surface area (TPSA) is 34.9 Å². The molecule has 0 amide bonds. The number of nitrogens with zero attached hydrogens (tertiary/aromatic N) is 2. The van der Waals surface area contributed by atoms with E-state index in [4.69, 9.17) is 23.2 Å². The standard InChI is InChI=1S/C14H14Cl2N2O/c1-2-3-4-18-8-11(9-19)14(17-18)10-5-12(15)7-13(16)6-10/h5-9H,2-4H2,1H3. The first-order chi connectivity index (χ1) is 9.13. The van der Waals surface area contributed by atoms with Crippen LogP contribution in [0.25, 0.3) is 11.3 Å². The van der Waals surface area contributed by atoms with Gasteiger partial charge in [0, 0.05) is 28.4 Å². The number of rotatable bonds is 5. The lowest BCUT2D eigenvalue weighted by Gasteiger charge is -2.01. The SMILES string of the molecule is CCCCn1cc(C=O)c(-c2cc(Cl)cc(Cl)c2)n1. The Hall–Kier alpha value is -1.32. The van der Waals surface area contributed by atoms with E-state index in [1.807, 2.05) is 0 Å². The maximum absolute atomic E-state index is 11.1. The number of benzene rings is 1. The van der Waals surface area contributed by atoms with Gasteiger partial charge in [-0.25, -0.2) is 0 Å². The van der Waals surface area contributed by atoms with Crippen molar-refractivity contribution >= 4 is 29.5 Å². The largest absolute Gasteiger partial charge is 0.298 e. The van der Waals surface area contributed by atoms with Crippen LogP contribution in [0.15, 0.2) is 24.4 Å². The maximum atomic E-state index is 11.1. The number of hydrogen-bond acceptors (Lipinski definition) is 2. The van der Waals surface area contributed by atoms with Gasteiger partial charge in [-0.2, -0.15) is 5.10 Å². The van der Waals surface area contributed by atoms with Crippen LogP contribution >= 0.6 is 23.2 Å². The minimum Gasteiger partial charge on any atom is -0.298 e. The highest BCUT2D eigenvalue weighted by molar-refractivity contribution is 6.35. The van der Waals surface area contributed by atoms with E-state index in [2.05, 4.69) is 12.0 Å². The molecule has 0 aliphatic rings. The molecule has 1 heterocycles. The summed E-state index contributed by atoms with van der Waals surface area (Å²) >= 11 is 12.0. The molecule has 2 rings (SSSR count). The Morgan fingerprint density at radius 3 is 2.53 bits per heavy atom. The third kappa shape index (κ3) is 3.37. The average molecular weight is 297 g/mol. The van der Waals surface area contributed by atoms with Crippen molar-refractivity contribution in [3.63, 3.8) is 0 Å². The van der Waals surface area contributed by atoms with Crippen LogP contribution in [0.5, 0.6) is 0 Å². The molecular weight excluding hydrogens is 283 g/mol. The second-order valence-corrected chi connectivity index (χ2v) is 5.20. The van der Waals surface area contributed by atoms with Gasteiger partial charge in [0.05, 0.1) is 5.56 Å². The maximum Gasteiger partial charge on any atom is 0.153 e. The fourth-order valence-corrected chi connectivity index (χ4v) is 2.40. The fourth-order valence-electron chi connectivity index (χ4n) is 1.87. The van der Waals surface area contributed by atoms with Crippen molar-refractivity contribution in [2.75, 3.05) is 0 Å². The van der Waals surface area contributed by atoms with Crippen LogP contribution in [0.4, 0.5) is 0 Å². The first-order valence-corrected chi connectivity index (χ1v) is 6.88. The van der Waals surface area contributed by atoms with Crippen LogP contribution in [-0.4, -0.2) is 16.1 Å². The molecule has 0 saturated carbocycles. The second-order valence-electron chi connectivity index (χ2n) is 4.33. The van der Waals surface area contributed by atoms with Crippen LogP contribution in [0.3, 0.4) is 0 Å². The second kappa shape index (κ2) is 6.22. The number of aryl methyl sites for hydroxylation is 1. The zero-order valence-corrected chi connectivity index (χ0v) is 12.1. The van der Waals surface area contributed by atoms with E-state index < -0.39 is 0 Å². The molecule has 0 spiro atoms. The molecule has 100 valence electrons. The molecule has 2 aromatic rings. The van der Waals surface area contributed by atoms with Gasteiger partial charge in [-0.15, -0.1) is 0 Å². The summed E-state index contributed by atoms with van der Waals surface area (Å²) in [5.41, 5.74) is 1.93. The molecule has 1 aromatic heterocycles. The molecule has 0 N–H and O–H groups in total. The Labute approximate surface area is 122 Å². The number of unbranched alkanes of at least 4 members (excludes halogenated alkanes) is 1. The Morgan fingerprint density at radius 2 is 1.95 bits per heavy atom. The van der Waals surface area contributed by atoms with E-state index in [1.165, 1.54) is 0 Å². The van der Waals surface area contributed by atoms with Gasteiger partial charge in [0.25, 0.3) is 0 Å². The van der Waals surface area contributed by atoms with E-state index in [1.54, 1.807) is 29.1 Å². The van der Waals surface area contributed by atoms with Crippen molar-refractivity contribution in [1.82, 2.24) is 9.78 Å². The number of halogens is 2. The van der Waals surface area contributed by atoms with Gasteiger partial charge in [0.15, 0.2) is 6.29 Å². The Balaban J connectivity index is 2.42. The highest BCUT2D eigenvalue weighted by atomic mass is 35.5. The summed E-state index contributed by atoms with van der Waals surface area (Å²) in [5, 5.41) is 5.50. The lowest BCUT2D eigenvalue weighted by molar-refractivity contribution is 0.112. The fraction of sp³-hybridized carbons (Fsp3) is 0.286. The summed E-state index contributed by atoms with van der Waals surface area (Å²) in [6.07, 6.45) is 4.66. The van der Waals surface area contributed by atoms with Crippen LogP contribution in [0.1, 0.15) is 30.1 Å². The number of aromatic nitrogens is 2. The lowest BCUT2D eigenvalue weighted by Crippen LogP contribution is -1.97. The number of carbonyl (C=O) groups is 1. The predicted molar refractivity (Wildman–Crippen MR) is 78.0 cm³/mol. The summed E-state index contributed by atoms with van der Waals surface area (Å²) < 4.78 is 1.79. The highest BCUT2D eigenvalue weighted by Crippen LogP contribution is 2.28. The summed E-state index contributed by atoms with van der Waals surface area (Å²) in [6.45, 7) is 2.91. The molecule has 1 aromatic carbocycles. The molecule has 0 fully saturated rings. The molecule has 0 radical (unpaired) electrons. The Morgan fingerprint density at radius 1 is 1.26 bits per heavy atom. The van der Waals surface area contributed by atoms with Crippen molar-refractivity contribution in [3.8, 4) is 11.3 Å². The lowest BCUT2D eigenvalue weighted by atomic mass is 10.1. The first kappa shape index (κ1) is 14.1. The van der Waals surface area contributed by atoms with E-state index in [-0.39, 0.29) is 0 Å². The van der Waals surface area contributed by atoms with Crippen LogP contribution < -0.4 is 0 Å². The Kier molecular flexibility index (Phi) is 4.61. The highest BCUT2D eigenvalue weighted by Gasteiger charge is 2.12. The van der Waals surface area contributed by atoms with Crippen molar-refractivity contribution < 1.29 is 4.79 Å². The van der Waals surface area contributed by atoms with Gasteiger partial charge in [-0.05, 0) is 24.6 Å². The molecule has 0 aliphatic carbocycles. The summed E-state index contributed by atoms with van der Waals surface area (Å²) in [5.74, 6) is 0. The summed E-state index contributed by atoms with van der Waals surface area (Å²) in [4.78, 5) is 11.1. The first-order valence-electron chi connectivity index (χ1n) is 6.13. The van der Waals surface area contributed by atoms with Crippen LogP contribution in [0.2, 0.25) is 10.0 Å². The van der Waals surface area contributed by atoms with Gasteiger partial charge in [0.1, 0.15) is 5.69 Å². The van der Waals surface area contributed by atoms with E-state index >= 15 is 0 Å². The summed E-state index contributed by atoms with van der Waals surface area (Å²) in [7, 11) is 0. The number of aldehydes is 1. The van der Waals surface area contributed by atoms with Gasteiger partial charge in [-0.1, -0.05) is 36.5 Å². The van der Waals surface area contributed by atoms with Gasteiger partial charge in [-0.3, -0.25) is 9.48 Å². The monoisotopic (exact) mass is 296 g/mol. The quantitative estimate of drug-likeness (QED) is 0.763. The van der Waals surface area contributed by atoms with E-state index in [9.17, 15) is 4.79 Å². The predicted octanol–water partition coefficient (Wildman–Crippen LogP) is 4.47. The molecule has 0 saturated heterocycles. The third-order valence-corrected chi connectivity index (χ3v) is 3.23. The molecule has 5 heteroatoms. The van der Waals surface area contributed by atoms with Crippen molar-refractivity contribution in [2.45, 2.75) is 26.3 Å². The van der Waals surface area contributed by atoms with Crippen molar-refractivity contribution in [3.05, 3.63) is 40.0 Å². The smallest absolute Gasteiger partial charge is 0.153 e. The number of carbonyl (C=O) groups excluding carboxylic acids is 1.